The number of unbranched alkanes of at least 4 members (excludes halogenated alkanes) is 1. The number of nitrogens with one attached hydrogen (secondary N) is 1. The Hall–Kier alpha value is -0.0800. The topological polar surface area (TPSA) is 40.1 Å². The Morgan fingerprint density at radius 3 is 2.71 bits per heavy atom. The molecule has 0 amide bonds. The van der Waals surface area contributed by atoms with Crippen LogP contribution in [0.4, 0.5) is 0 Å². The van der Waals surface area contributed by atoms with Gasteiger partial charge in [-0.2, -0.15) is 0 Å². The SMILES string of the molecule is CCNC(=NCCCCN1CCCC1)N1CCC2(CCOC2)C1.I. The number of aliphatic imine (C=N–C) groups is 1. The zero-order valence-electron chi connectivity index (χ0n) is 15.3. The number of nitrogens with zero attached hydrogens (tertiary/aromatic N) is 3. The molecule has 24 heavy (non-hydrogen) atoms. The largest absolute Gasteiger partial charge is 0.381 e. The fraction of sp³-hybridized carbons (Fsp3) is 0.944. The van der Waals surface area contributed by atoms with Crippen LogP contribution < -0.4 is 5.32 Å². The highest BCUT2D eigenvalue weighted by atomic mass is 127. The summed E-state index contributed by atoms with van der Waals surface area (Å²) in [6, 6.07) is 0. The second-order valence-electron chi connectivity index (χ2n) is 7.47. The summed E-state index contributed by atoms with van der Waals surface area (Å²) in [5.74, 6) is 1.12. The highest BCUT2D eigenvalue weighted by Crippen LogP contribution is 2.38. The molecule has 1 N–H and O–H groups in total. The van der Waals surface area contributed by atoms with Crippen molar-refractivity contribution in [3.8, 4) is 0 Å². The first-order valence-electron chi connectivity index (χ1n) is 9.65. The van der Waals surface area contributed by atoms with Crippen LogP contribution >= 0.6 is 24.0 Å². The minimum absolute atomic E-state index is 0. The van der Waals surface area contributed by atoms with Crippen LogP contribution in [0.2, 0.25) is 0 Å². The van der Waals surface area contributed by atoms with E-state index in [2.05, 4.69) is 22.0 Å². The van der Waals surface area contributed by atoms with Gasteiger partial charge in [-0.25, -0.2) is 0 Å². The highest BCUT2D eigenvalue weighted by Gasteiger charge is 2.42. The van der Waals surface area contributed by atoms with Crippen molar-refractivity contribution in [3.63, 3.8) is 0 Å². The monoisotopic (exact) mass is 450 g/mol. The van der Waals surface area contributed by atoms with E-state index < -0.39 is 0 Å². The molecule has 0 saturated carbocycles. The van der Waals surface area contributed by atoms with Gasteiger partial charge >= 0.3 is 0 Å². The van der Waals surface area contributed by atoms with E-state index in [-0.39, 0.29) is 24.0 Å². The lowest BCUT2D eigenvalue weighted by atomic mass is 9.87. The van der Waals surface area contributed by atoms with Gasteiger partial charge in [0.1, 0.15) is 0 Å². The Morgan fingerprint density at radius 1 is 1.17 bits per heavy atom. The molecule has 0 radical (unpaired) electrons. The fourth-order valence-corrected chi connectivity index (χ4v) is 4.15. The van der Waals surface area contributed by atoms with Gasteiger partial charge in [-0.3, -0.25) is 4.99 Å². The molecule has 3 aliphatic rings. The van der Waals surface area contributed by atoms with E-state index in [9.17, 15) is 0 Å². The first kappa shape index (κ1) is 20.2. The molecule has 1 unspecified atom stereocenters. The molecule has 0 aromatic carbocycles. The van der Waals surface area contributed by atoms with Crippen LogP contribution in [0.25, 0.3) is 0 Å². The average Bonchev–Trinajstić information content (AvgIpc) is 3.30. The molecule has 3 saturated heterocycles. The van der Waals surface area contributed by atoms with Gasteiger partial charge in [0.15, 0.2) is 5.96 Å². The van der Waals surface area contributed by atoms with Crippen molar-refractivity contribution < 1.29 is 4.74 Å². The second kappa shape index (κ2) is 10.2. The van der Waals surface area contributed by atoms with Crippen molar-refractivity contribution >= 4 is 29.9 Å². The molecule has 6 heteroatoms. The van der Waals surface area contributed by atoms with Crippen LogP contribution in [0, 0.1) is 5.41 Å². The lowest BCUT2D eigenvalue weighted by molar-refractivity contribution is 0.156. The number of hydrogen-bond donors (Lipinski definition) is 1. The molecule has 0 aromatic rings. The van der Waals surface area contributed by atoms with E-state index in [0.717, 1.165) is 45.4 Å². The fourth-order valence-electron chi connectivity index (χ4n) is 4.15. The third kappa shape index (κ3) is 5.46. The van der Waals surface area contributed by atoms with Gasteiger partial charge in [0, 0.05) is 38.2 Å². The summed E-state index contributed by atoms with van der Waals surface area (Å²) >= 11 is 0. The molecule has 140 valence electrons. The van der Waals surface area contributed by atoms with Crippen molar-refractivity contribution in [1.29, 1.82) is 0 Å². The second-order valence-corrected chi connectivity index (χ2v) is 7.47. The van der Waals surface area contributed by atoms with Gasteiger partial charge in [-0.05, 0) is 65.1 Å². The summed E-state index contributed by atoms with van der Waals surface area (Å²) in [5.41, 5.74) is 0.409. The Kier molecular flexibility index (Phi) is 8.57. The van der Waals surface area contributed by atoms with Crippen LogP contribution in [0.15, 0.2) is 4.99 Å². The molecule has 5 nitrogen and oxygen atoms in total. The lowest BCUT2D eigenvalue weighted by Crippen LogP contribution is -2.41. The summed E-state index contributed by atoms with van der Waals surface area (Å²) in [7, 11) is 0. The van der Waals surface area contributed by atoms with E-state index in [0.29, 0.717) is 5.41 Å². The van der Waals surface area contributed by atoms with Crippen molar-refractivity contribution in [2.24, 2.45) is 10.4 Å². The van der Waals surface area contributed by atoms with Crippen LogP contribution in [-0.4, -0.2) is 74.8 Å². The number of guanidine groups is 1. The maximum Gasteiger partial charge on any atom is 0.193 e. The van der Waals surface area contributed by atoms with Crippen LogP contribution in [0.1, 0.15) is 45.4 Å². The van der Waals surface area contributed by atoms with Crippen molar-refractivity contribution in [2.45, 2.75) is 45.4 Å². The molecule has 1 atom stereocenters. The van der Waals surface area contributed by atoms with Gasteiger partial charge < -0.3 is 19.9 Å². The molecule has 3 rings (SSSR count). The molecule has 3 aliphatic heterocycles. The van der Waals surface area contributed by atoms with Crippen LogP contribution in [0.5, 0.6) is 0 Å². The molecular formula is C18H35IN4O. The molecule has 1 spiro atoms. The third-order valence-electron chi connectivity index (χ3n) is 5.60. The maximum atomic E-state index is 5.64. The standard InChI is InChI=1S/C18H34N4O.HI/c1-2-19-17(20-9-3-4-10-21-11-5-6-12-21)22-13-7-18(15-22)8-14-23-16-18;/h2-16H2,1H3,(H,19,20);1H. The quantitative estimate of drug-likeness (QED) is 0.292. The summed E-state index contributed by atoms with van der Waals surface area (Å²) in [6.07, 6.45) is 7.74. The van der Waals surface area contributed by atoms with Crippen molar-refractivity contribution in [2.75, 3.05) is 59.0 Å². The first-order chi connectivity index (χ1) is 11.3. The molecule has 3 fully saturated rings. The van der Waals surface area contributed by atoms with Crippen LogP contribution in [0.3, 0.4) is 0 Å². The first-order valence-corrected chi connectivity index (χ1v) is 9.65. The molecule has 0 bridgehead atoms. The molecule has 0 aromatic heterocycles. The van der Waals surface area contributed by atoms with Gasteiger partial charge in [0.2, 0.25) is 0 Å². The Bertz CT molecular complexity index is 392. The Morgan fingerprint density at radius 2 is 2.00 bits per heavy atom. The van der Waals surface area contributed by atoms with Crippen molar-refractivity contribution in [1.82, 2.24) is 15.1 Å². The Balaban J connectivity index is 0.00000208. The predicted molar refractivity (Wildman–Crippen MR) is 110 cm³/mol. The van der Waals surface area contributed by atoms with Crippen LogP contribution in [-0.2, 0) is 4.74 Å². The highest BCUT2D eigenvalue weighted by molar-refractivity contribution is 14.0. The number of ether oxygens (including phenoxy) is 1. The lowest BCUT2D eigenvalue weighted by Gasteiger charge is -2.25. The molecular weight excluding hydrogens is 415 g/mol. The Labute approximate surface area is 164 Å². The summed E-state index contributed by atoms with van der Waals surface area (Å²) in [5, 5.41) is 3.49. The van der Waals surface area contributed by atoms with Gasteiger partial charge in [0.05, 0.1) is 6.61 Å². The van der Waals surface area contributed by atoms with E-state index in [1.807, 2.05) is 0 Å². The maximum absolute atomic E-state index is 5.64. The van der Waals surface area contributed by atoms with E-state index in [1.165, 1.54) is 58.2 Å². The average molecular weight is 450 g/mol. The van der Waals surface area contributed by atoms with Crippen molar-refractivity contribution in [3.05, 3.63) is 0 Å². The zero-order chi connectivity index (χ0) is 16.0. The minimum atomic E-state index is 0. The normalized spacial score (nSPS) is 27.9. The van der Waals surface area contributed by atoms with Gasteiger partial charge in [0.25, 0.3) is 0 Å². The van der Waals surface area contributed by atoms with E-state index >= 15 is 0 Å². The van der Waals surface area contributed by atoms with E-state index in [4.69, 9.17) is 9.73 Å². The summed E-state index contributed by atoms with van der Waals surface area (Å²) in [4.78, 5) is 9.94. The number of likely N-dealkylation sites (tertiary alicyclic amines) is 2. The smallest absolute Gasteiger partial charge is 0.193 e. The molecule has 3 heterocycles. The number of halogens is 1. The summed E-state index contributed by atoms with van der Waals surface area (Å²) < 4.78 is 5.64. The van der Waals surface area contributed by atoms with E-state index in [1.54, 1.807) is 0 Å². The number of hydrogen-bond acceptors (Lipinski definition) is 3. The third-order valence-corrected chi connectivity index (χ3v) is 5.60. The van der Waals surface area contributed by atoms with Gasteiger partial charge in [-0.1, -0.05) is 0 Å². The minimum Gasteiger partial charge on any atom is -0.381 e. The predicted octanol–water partition coefficient (Wildman–Crippen LogP) is 2.56. The number of rotatable bonds is 6. The van der Waals surface area contributed by atoms with Gasteiger partial charge in [-0.15, -0.1) is 24.0 Å². The zero-order valence-corrected chi connectivity index (χ0v) is 17.6. The summed E-state index contributed by atoms with van der Waals surface area (Å²) in [6.45, 7) is 12.1. The molecule has 0 aliphatic carbocycles.